The van der Waals surface area contributed by atoms with E-state index in [0.29, 0.717) is 27.1 Å². The maximum Gasteiger partial charge on any atom is 0.573 e. The molecule has 0 aliphatic heterocycles. The van der Waals surface area contributed by atoms with Crippen LogP contribution in [-0.2, 0) is 18.3 Å². The Balaban J connectivity index is 2.22. The Hall–Kier alpha value is -4.28. The molecule has 2 amide bonds. The molecule has 0 spiro atoms. The fourth-order valence-electron chi connectivity index (χ4n) is 3.61. The van der Waals surface area contributed by atoms with Crippen molar-refractivity contribution in [1.82, 2.24) is 14.5 Å². The molecule has 13 heteroatoms. The monoisotopic (exact) mass is 549 g/mol. The maximum absolute atomic E-state index is 12.7. The molecule has 0 aliphatic rings. The Kier molecular flexibility index (Phi) is 8.42. The number of halogens is 3. The van der Waals surface area contributed by atoms with Crippen LogP contribution in [0, 0.1) is 11.8 Å². The van der Waals surface area contributed by atoms with E-state index < -0.39 is 49.2 Å². The zero-order valence-electron chi connectivity index (χ0n) is 21.4. The summed E-state index contributed by atoms with van der Waals surface area (Å²) >= 11 is 0. The van der Waals surface area contributed by atoms with E-state index in [4.69, 9.17) is 4.74 Å². The molecule has 0 radical (unpaired) electrons. The second kappa shape index (κ2) is 11.2. The minimum absolute atomic E-state index is 0.211. The number of aliphatic hydroxyl groups excluding tert-OH is 2. The zero-order valence-corrected chi connectivity index (χ0v) is 21.4. The smallest absolute Gasteiger partial charge is 0.465 e. The van der Waals surface area contributed by atoms with Crippen molar-refractivity contribution in [1.29, 1.82) is 0 Å². The highest BCUT2D eigenvalue weighted by Crippen LogP contribution is 2.34. The topological polar surface area (TPSA) is 134 Å². The summed E-state index contributed by atoms with van der Waals surface area (Å²) in [7, 11) is 1.64. The number of imidazole rings is 1. The van der Waals surface area contributed by atoms with E-state index in [-0.39, 0.29) is 11.1 Å². The lowest BCUT2D eigenvalue weighted by Crippen LogP contribution is -2.39. The molecule has 0 saturated heterocycles. The zero-order chi connectivity index (χ0) is 29.1. The van der Waals surface area contributed by atoms with Gasteiger partial charge in [-0.05, 0) is 50.1 Å². The molecule has 39 heavy (non-hydrogen) atoms. The van der Waals surface area contributed by atoms with Crippen LogP contribution in [0.25, 0.3) is 22.2 Å². The van der Waals surface area contributed by atoms with E-state index >= 15 is 0 Å². The number of hydrogen-bond donors (Lipinski definition) is 3. The highest BCUT2D eigenvalue weighted by Gasteiger charge is 2.31. The van der Waals surface area contributed by atoms with Gasteiger partial charge in [0.2, 0.25) is 0 Å². The van der Waals surface area contributed by atoms with Gasteiger partial charge in [-0.1, -0.05) is 24.0 Å². The van der Waals surface area contributed by atoms with Crippen molar-refractivity contribution in [2.75, 3.05) is 6.61 Å². The number of benzene rings is 2. The van der Waals surface area contributed by atoms with Gasteiger partial charge in [-0.2, -0.15) is 0 Å². The van der Waals surface area contributed by atoms with Gasteiger partial charge in [-0.25, -0.2) is 19.5 Å². The second-order valence-electron chi connectivity index (χ2n) is 9.40. The van der Waals surface area contributed by atoms with E-state index in [0.717, 1.165) is 12.1 Å². The van der Waals surface area contributed by atoms with Gasteiger partial charge in [-0.3, -0.25) is 0 Å². The van der Waals surface area contributed by atoms with E-state index in [1.165, 1.54) is 24.5 Å². The average Bonchev–Trinajstić information content (AvgIpc) is 3.20. The lowest BCUT2D eigenvalue weighted by Gasteiger charge is -2.25. The predicted octanol–water partition coefficient (Wildman–Crippen LogP) is 4.26. The second-order valence-corrected chi connectivity index (χ2v) is 9.40. The lowest BCUT2D eigenvalue weighted by molar-refractivity contribution is -0.274. The van der Waals surface area contributed by atoms with E-state index in [1.54, 1.807) is 32.4 Å². The van der Waals surface area contributed by atoms with Crippen LogP contribution in [0.4, 0.5) is 22.8 Å². The first kappa shape index (κ1) is 29.3. The summed E-state index contributed by atoms with van der Waals surface area (Å²) in [5, 5.41) is 28.8. The largest absolute Gasteiger partial charge is 0.573 e. The lowest BCUT2D eigenvalue weighted by atomic mass is 9.96. The Bertz CT molecular complexity index is 1430. The molecule has 1 atom stereocenters. The number of carbonyl (C=O) groups excluding carboxylic acids is 1. The molecule has 1 heterocycles. The van der Waals surface area contributed by atoms with Crippen LogP contribution in [0.2, 0.25) is 0 Å². The van der Waals surface area contributed by atoms with E-state index in [2.05, 4.69) is 21.6 Å². The summed E-state index contributed by atoms with van der Waals surface area (Å²) in [6.45, 7) is 3.55. The molecular weight excluding hydrogens is 523 g/mol. The number of aliphatic hydroxyl groups is 2. The van der Waals surface area contributed by atoms with Crippen LogP contribution in [0.5, 0.6) is 5.75 Å². The first-order valence-corrected chi connectivity index (χ1v) is 11.5. The summed E-state index contributed by atoms with van der Waals surface area (Å²) in [4.78, 5) is 29.6. The Morgan fingerprint density at radius 1 is 1.18 bits per heavy atom. The quantitative estimate of drug-likeness (QED) is 0.402. The summed E-state index contributed by atoms with van der Waals surface area (Å²) in [6.07, 6.45) is -7.55. The molecule has 0 unspecified atom stereocenters. The molecule has 3 rings (SSSR count). The Labute approximate surface area is 221 Å². The number of imide groups is 1. The summed E-state index contributed by atoms with van der Waals surface area (Å²) in [5.41, 5.74) is 1.02. The number of hydrogen-bond acceptors (Lipinski definition) is 7. The molecule has 2 aromatic carbocycles. The number of carboxylic acid groups (broad SMARTS) is 1. The maximum atomic E-state index is 12.7. The van der Waals surface area contributed by atoms with Crippen molar-refractivity contribution in [3.05, 3.63) is 47.8 Å². The van der Waals surface area contributed by atoms with Gasteiger partial charge in [0, 0.05) is 12.6 Å². The van der Waals surface area contributed by atoms with Crippen molar-refractivity contribution < 1.29 is 47.6 Å². The number of nitrogens with zero attached hydrogens (tertiary/aromatic N) is 3. The number of aromatic nitrogens is 2. The number of carbonyl (C=O) groups is 2. The predicted molar refractivity (Wildman–Crippen MR) is 133 cm³/mol. The van der Waals surface area contributed by atoms with Gasteiger partial charge < -0.3 is 29.4 Å². The molecule has 3 aromatic rings. The standard InChI is InChI=1S/C26H26F3N3O7/c1-25(2,3)39-24(37)32(23(35)36)12-16-11-20(15-5-8-18(9-6-15)38-26(27,28)29)21-22(31(4)14-30-21)19(16)10-7-17(34)13-33/h5-6,8-9,11,14,17,33-34H,12-13H2,1-4H3,(H,35,36)/t17-/m0/s1. The Morgan fingerprint density at radius 3 is 2.36 bits per heavy atom. The highest BCUT2D eigenvalue weighted by molar-refractivity contribution is 5.97. The third-order valence-corrected chi connectivity index (χ3v) is 5.18. The summed E-state index contributed by atoms with van der Waals surface area (Å²) in [6, 6.07) is 6.49. The number of alkyl halides is 3. The number of ether oxygens (including phenoxy) is 2. The van der Waals surface area contributed by atoms with Gasteiger partial charge in [0.15, 0.2) is 0 Å². The molecule has 0 bridgehead atoms. The van der Waals surface area contributed by atoms with Gasteiger partial charge in [-0.15, -0.1) is 13.2 Å². The van der Waals surface area contributed by atoms with Crippen LogP contribution in [0.3, 0.4) is 0 Å². The Morgan fingerprint density at radius 2 is 1.82 bits per heavy atom. The van der Waals surface area contributed by atoms with Crippen LogP contribution in [-0.4, -0.2) is 66.6 Å². The van der Waals surface area contributed by atoms with Crippen LogP contribution >= 0.6 is 0 Å². The molecule has 10 nitrogen and oxygen atoms in total. The molecule has 0 saturated carbocycles. The minimum Gasteiger partial charge on any atom is -0.465 e. The molecule has 208 valence electrons. The van der Waals surface area contributed by atoms with Crippen molar-refractivity contribution >= 4 is 23.2 Å². The van der Waals surface area contributed by atoms with Crippen LogP contribution < -0.4 is 4.74 Å². The third-order valence-electron chi connectivity index (χ3n) is 5.18. The fourth-order valence-corrected chi connectivity index (χ4v) is 3.61. The summed E-state index contributed by atoms with van der Waals surface area (Å²) in [5.74, 6) is 4.77. The average molecular weight is 550 g/mol. The fraction of sp³-hybridized carbons (Fsp3) is 0.346. The SMILES string of the molecule is Cn1cnc2c(-c3ccc(OC(F)(F)F)cc3)cc(CN(C(=O)O)C(=O)OC(C)(C)C)c(C#C[C@H](O)CO)c21. The highest BCUT2D eigenvalue weighted by atomic mass is 19.4. The van der Waals surface area contributed by atoms with Crippen LogP contribution in [0.1, 0.15) is 31.9 Å². The van der Waals surface area contributed by atoms with Crippen molar-refractivity contribution in [2.45, 2.75) is 45.4 Å². The van der Waals surface area contributed by atoms with Gasteiger partial charge in [0.1, 0.15) is 17.5 Å². The molecule has 3 N–H and O–H groups in total. The summed E-state index contributed by atoms with van der Waals surface area (Å²) < 4.78 is 48.6. The molecular formula is C26H26F3N3O7. The number of rotatable bonds is 5. The number of aryl methyl sites for hydroxylation is 1. The first-order valence-electron chi connectivity index (χ1n) is 11.5. The molecule has 1 aromatic heterocycles. The first-order chi connectivity index (χ1) is 18.1. The van der Waals surface area contributed by atoms with Gasteiger partial charge in [0.05, 0.1) is 36.1 Å². The normalized spacial score (nSPS) is 12.4. The van der Waals surface area contributed by atoms with Crippen molar-refractivity contribution in [2.24, 2.45) is 7.05 Å². The molecule has 0 fully saturated rings. The van der Waals surface area contributed by atoms with Crippen molar-refractivity contribution in [3.8, 4) is 28.7 Å². The molecule has 0 aliphatic carbocycles. The number of amides is 2. The van der Waals surface area contributed by atoms with Crippen molar-refractivity contribution in [3.63, 3.8) is 0 Å². The minimum atomic E-state index is -4.87. The van der Waals surface area contributed by atoms with Gasteiger partial charge >= 0.3 is 18.5 Å². The van der Waals surface area contributed by atoms with Crippen LogP contribution in [0.15, 0.2) is 36.7 Å². The van der Waals surface area contributed by atoms with E-state index in [9.17, 15) is 38.1 Å². The van der Waals surface area contributed by atoms with Gasteiger partial charge in [0.25, 0.3) is 0 Å². The number of fused-ring (bicyclic) bond motifs is 1. The third kappa shape index (κ3) is 7.40. The van der Waals surface area contributed by atoms with E-state index in [1.807, 2.05) is 0 Å².